The first kappa shape index (κ1) is 23.6. The quantitative estimate of drug-likeness (QED) is 0.282. The Bertz CT molecular complexity index is 1240. The Morgan fingerprint density at radius 1 is 0.714 bits per heavy atom. The molecule has 3 N–H and O–H groups in total. The van der Waals surface area contributed by atoms with Gasteiger partial charge in [0.15, 0.2) is 0 Å². The van der Waals surface area contributed by atoms with Gasteiger partial charge in [-0.15, -0.1) is 0 Å². The first-order valence-electron chi connectivity index (χ1n) is 11.4. The number of hydrogen-bond donors (Lipinski definition) is 3. The molecule has 0 heterocycles. The first-order chi connectivity index (χ1) is 17.1. The van der Waals surface area contributed by atoms with E-state index in [1.165, 1.54) is 0 Å². The maximum Gasteiger partial charge on any atom is 0.251 e. The Morgan fingerprint density at radius 3 is 1.94 bits per heavy atom. The molecule has 1 unspecified atom stereocenters. The lowest BCUT2D eigenvalue weighted by Crippen LogP contribution is -2.26. The lowest BCUT2D eigenvalue weighted by molar-refractivity contribution is -0.114. The Labute approximate surface area is 205 Å². The number of carbonyl (C=O) groups excluding carboxylic acids is 2. The topological polar surface area (TPSA) is 79.5 Å². The Kier molecular flexibility index (Phi) is 7.76. The van der Waals surface area contributed by atoms with E-state index in [2.05, 4.69) is 16.0 Å². The van der Waals surface area contributed by atoms with Crippen LogP contribution < -0.4 is 20.7 Å². The van der Waals surface area contributed by atoms with Crippen LogP contribution in [0.2, 0.25) is 0 Å². The molecule has 176 valence electrons. The van der Waals surface area contributed by atoms with Gasteiger partial charge in [0.1, 0.15) is 11.5 Å². The molecule has 4 aromatic carbocycles. The van der Waals surface area contributed by atoms with E-state index in [-0.39, 0.29) is 24.4 Å². The van der Waals surface area contributed by atoms with E-state index in [1.807, 2.05) is 91.9 Å². The van der Waals surface area contributed by atoms with E-state index in [9.17, 15) is 9.59 Å². The van der Waals surface area contributed by atoms with Crippen LogP contribution in [-0.4, -0.2) is 18.4 Å². The van der Waals surface area contributed by atoms with Gasteiger partial charge in [0, 0.05) is 16.9 Å². The van der Waals surface area contributed by atoms with E-state index in [0.29, 0.717) is 17.0 Å². The molecular formula is C29H27N3O3. The van der Waals surface area contributed by atoms with E-state index >= 15 is 0 Å². The SMILES string of the molecule is CC(NC(=O)c1ccc(NC(=O)CNc2ccc(Oc3ccccc3)cc2)cc1)c1ccccc1. The summed E-state index contributed by atoms with van der Waals surface area (Å²) in [5.41, 5.74) is 2.99. The molecule has 4 rings (SSSR count). The van der Waals surface area contributed by atoms with E-state index in [0.717, 1.165) is 17.0 Å². The summed E-state index contributed by atoms with van der Waals surface area (Å²) in [5, 5.41) is 8.91. The van der Waals surface area contributed by atoms with Crippen molar-refractivity contribution in [2.24, 2.45) is 0 Å². The van der Waals surface area contributed by atoms with Gasteiger partial charge in [0.25, 0.3) is 5.91 Å². The average molecular weight is 466 g/mol. The van der Waals surface area contributed by atoms with Crippen molar-refractivity contribution in [2.45, 2.75) is 13.0 Å². The van der Waals surface area contributed by atoms with Crippen molar-refractivity contribution in [1.29, 1.82) is 0 Å². The third kappa shape index (κ3) is 6.95. The fourth-order valence-corrected chi connectivity index (χ4v) is 3.46. The summed E-state index contributed by atoms with van der Waals surface area (Å²) in [5.74, 6) is 1.13. The highest BCUT2D eigenvalue weighted by Crippen LogP contribution is 2.22. The largest absolute Gasteiger partial charge is 0.457 e. The van der Waals surface area contributed by atoms with Crippen LogP contribution in [-0.2, 0) is 4.79 Å². The van der Waals surface area contributed by atoms with Gasteiger partial charge in [-0.2, -0.15) is 0 Å². The number of hydrogen-bond acceptors (Lipinski definition) is 4. The van der Waals surface area contributed by atoms with Gasteiger partial charge >= 0.3 is 0 Å². The van der Waals surface area contributed by atoms with Crippen molar-refractivity contribution >= 4 is 23.2 Å². The normalized spacial score (nSPS) is 11.2. The number of rotatable bonds is 9. The Morgan fingerprint density at radius 2 is 1.29 bits per heavy atom. The first-order valence-corrected chi connectivity index (χ1v) is 11.4. The minimum atomic E-state index is -0.190. The van der Waals surface area contributed by atoms with E-state index in [4.69, 9.17) is 4.74 Å². The van der Waals surface area contributed by atoms with Gasteiger partial charge in [-0.05, 0) is 73.2 Å². The molecule has 0 fully saturated rings. The minimum Gasteiger partial charge on any atom is -0.457 e. The molecule has 0 saturated heterocycles. The number of nitrogens with one attached hydrogen (secondary N) is 3. The molecular weight excluding hydrogens is 438 g/mol. The summed E-state index contributed by atoms with van der Waals surface area (Å²) >= 11 is 0. The maximum absolute atomic E-state index is 12.5. The average Bonchev–Trinajstić information content (AvgIpc) is 2.90. The highest BCUT2D eigenvalue weighted by atomic mass is 16.5. The maximum atomic E-state index is 12.5. The zero-order valence-electron chi connectivity index (χ0n) is 19.4. The lowest BCUT2D eigenvalue weighted by Gasteiger charge is -2.14. The smallest absolute Gasteiger partial charge is 0.251 e. The second kappa shape index (κ2) is 11.5. The van der Waals surface area contributed by atoms with Gasteiger partial charge < -0.3 is 20.7 Å². The number of anilines is 2. The third-order valence-electron chi connectivity index (χ3n) is 5.36. The molecule has 0 aliphatic heterocycles. The Balaban J connectivity index is 1.23. The van der Waals surface area contributed by atoms with Crippen molar-refractivity contribution in [2.75, 3.05) is 17.2 Å². The van der Waals surface area contributed by atoms with Crippen LogP contribution in [0.15, 0.2) is 109 Å². The zero-order chi connectivity index (χ0) is 24.5. The molecule has 35 heavy (non-hydrogen) atoms. The molecule has 0 radical (unpaired) electrons. The number of amides is 2. The molecule has 0 aliphatic carbocycles. The summed E-state index contributed by atoms with van der Waals surface area (Å²) < 4.78 is 5.77. The van der Waals surface area contributed by atoms with Crippen LogP contribution in [0.1, 0.15) is 28.9 Å². The van der Waals surface area contributed by atoms with Crippen molar-refractivity contribution in [3.05, 3.63) is 120 Å². The molecule has 6 nitrogen and oxygen atoms in total. The van der Waals surface area contributed by atoms with Gasteiger partial charge in [-0.25, -0.2) is 0 Å². The van der Waals surface area contributed by atoms with Gasteiger partial charge in [0.2, 0.25) is 5.91 Å². The predicted octanol–water partition coefficient (Wildman–Crippen LogP) is 6.02. The Hall–Kier alpha value is -4.58. The van der Waals surface area contributed by atoms with Gasteiger partial charge in [-0.1, -0.05) is 48.5 Å². The molecule has 4 aromatic rings. The van der Waals surface area contributed by atoms with Crippen LogP contribution in [0.4, 0.5) is 11.4 Å². The highest BCUT2D eigenvalue weighted by molar-refractivity contribution is 5.96. The molecule has 0 spiro atoms. The summed E-state index contributed by atoms with van der Waals surface area (Å²) in [6.07, 6.45) is 0. The molecule has 6 heteroatoms. The van der Waals surface area contributed by atoms with E-state index < -0.39 is 0 Å². The fraction of sp³-hybridized carbons (Fsp3) is 0.103. The monoisotopic (exact) mass is 465 g/mol. The van der Waals surface area contributed by atoms with Crippen LogP contribution in [0.5, 0.6) is 11.5 Å². The van der Waals surface area contributed by atoms with Gasteiger partial charge in [0.05, 0.1) is 12.6 Å². The van der Waals surface area contributed by atoms with Crippen molar-refractivity contribution < 1.29 is 14.3 Å². The van der Waals surface area contributed by atoms with Crippen LogP contribution in [0.3, 0.4) is 0 Å². The standard InChI is InChI=1S/C29H27N3O3/c1-21(22-8-4-2-5-9-22)31-29(34)23-12-14-25(15-13-23)32-28(33)20-30-24-16-18-27(19-17-24)35-26-10-6-3-7-11-26/h2-19,21,30H,20H2,1H3,(H,31,34)(H,32,33). The van der Waals surface area contributed by atoms with Crippen molar-refractivity contribution in [3.8, 4) is 11.5 Å². The van der Waals surface area contributed by atoms with Crippen LogP contribution in [0.25, 0.3) is 0 Å². The molecule has 2 amide bonds. The zero-order valence-corrected chi connectivity index (χ0v) is 19.4. The molecule has 0 aliphatic rings. The molecule has 1 atom stereocenters. The number of carbonyl (C=O) groups is 2. The lowest BCUT2D eigenvalue weighted by atomic mass is 10.1. The summed E-state index contributed by atoms with van der Waals surface area (Å²) in [6.45, 7) is 2.05. The summed E-state index contributed by atoms with van der Waals surface area (Å²) in [7, 11) is 0. The second-order valence-electron chi connectivity index (χ2n) is 8.02. The highest BCUT2D eigenvalue weighted by Gasteiger charge is 2.11. The third-order valence-corrected chi connectivity index (χ3v) is 5.36. The molecule has 0 aromatic heterocycles. The van der Waals surface area contributed by atoms with Crippen molar-refractivity contribution in [1.82, 2.24) is 5.32 Å². The fourth-order valence-electron chi connectivity index (χ4n) is 3.46. The number of para-hydroxylation sites is 1. The van der Waals surface area contributed by atoms with Crippen LogP contribution >= 0.6 is 0 Å². The van der Waals surface area contributed by atoms with Crippen LogP contribution in [0, 0.1) is 0 Å². The van der Waals surface area contributed by atoms with Gasteiger partial charge in [-0.3, -0.25) is 9.59 Å². The number of ether oxygens (including phenoxy) is 1. The second-order valence-corrected chi connectivity index (χ2v) is 8.02. The molecule has 0 bridgehead atoms. The van der Waals surface area contributed by atoms with E-state index in [1.54, 1.807) is 24.3 Å². The predicted molar refractivity (Wildman–Crippen MR) is 139 cm³/mol. The summed E-state index contributed by atoms with van der Waals surface area (Å²) in [6, 6.07) is 33.5. The molecule has 0 saturated carbocycles. The summed E-state index contributed by atoms with van der Waals surface area (Å²) in [4.78, 5) is 24.9. The number of benzene rings is 4. The van der Waals surface area contributed by atoms with Crippen molar-refractivity contribution in [3.63, 3.8) is 0 Å². The minimum absolute atomic E-state index is 0.104.